The first-order valence-corrected chi connectivity index (χ1v) is 6.65. The van der Waals surface area contributed by atoms with Crippen molar-refractivity contribution in [3.63, 3.8) is 0 Å². The Labute approximate surface area is 104 Å². The highest BCUT2D eigenvalue weighted by Gasteiger charge is 2.20. The van der Waals surface area contributed by atoms with E-state index in [-0.39, 0.29) is 5.91 Å². The highest BCUT2D eigenvalue weighted by atomic mass is 16.5. The van der Waals surface area contributed by atoms with E-state index in [1.807, 2.05) is 0 Å². The third-order valence-electron chi connectivity index (χ3n) is 3.58. The molecule has 17 heavy (non-hydrogen) atoms. The molecule has 0 saturated heterocycles. The molecule has 1 aliphatic carbocycles. The third-order valence-corrected chi connectivity index (χ3v) is 3.58. The van der Waals surface area contributed by atoms with Crippen molar-refractivity contribution >= 4 is 5.91 Å². The molecule has 100 valence electrons. The van der Waals surface area contributed by atoms with Gasteiger partial charge in [-0.1, -0.05) is 19.8 Å². The second-order valence-corrected chi connectivity index (χ2v) is 5.27. The molecule has 0 aliphatic heterocycles. The van der Waals surface area contributed by atoms with E-state index in [1.165, 1.54) is 25.7 Å². The number of carbonyl (C=O) groups is 1. The molecular formula is C13H26N2O2. The first-order chi connectivity index (χ1) is 8.13. The van der Waals surface area contributed by atoms with Gasteiger partial charge in [0.2, 0.25) is 5.91 Å². The molecule has 0 radical (unpaired) electrons. The molecule has 1 rings (SSSR count). The van der Waals surface area contributed by atoms with Gasteiger partial charge < -0.3 is 15.8 Å². The number of amides is 1. The lowest BCUT2D eigenvalue weighted by molar-refractivity contribution is -0.123. The van der Waals surface area contributed by atoms with E-state index in [4.69, 9.17) is 10.5 Å². The van der Waals surface area contributed by atoms with Crippen LogP contribution in [-0.4, -0.2) is 32.2 Å². The van der Waals surface area contributed by atoms with Gasteiger partial charge in [0, 0.05) is 20.3 Å². The summed E-state index contributed by atoms with van der Waals surface area (Å²) in [4.78, 5) is 11.7. The van der Waals surface area contributed by atoms with E-state index in [1.54, 1.807) is 7.11 Å². The Morgan fingerprint density at radius 1 is 1.53 bits per heavy atom. The van der Waals surface area contributed by atoms with Gasteiger partial charge in [0.05, 0.1) is 6.04 Å². The van der Waals surface area contributed by atoms with Crippen molar-refractivity contribution < 1.29 is 9.53 Å². The predicted octanol–water partition coefficient (Wildman–Crippen LogP) is 1.29. The minimum absolute atomic E-state index is 0.0414. The van der Waals surface area contributed by atoms with E-state index in [2.05, 4.69) is 12.2 Å². The molecule has 0 aromatic heterocycles. The minimum Gasteiger partial charge on any atom is -0.385 e. The van der Waals surface area contributed by atoms with E-state index in [0.717, 1.165) is 12.5 Å². The molecule has 3 N–H and O–H groups in total. The summed E-state index contributed by atoms with van der Waals surface area (Å²) >= 11 is 0. The van der Waals surface area contributed by atoms with E-state index in [0.29, 0.717) is 18.9 Å². The molecule has 0 aromatic rings. The smallest absolute Gasteiger partial charge is 0.237 e. The van der Waals surface area contributed by atoms with Gasteiger partial charge in [0.25, 0.3) is 0 Å². The zero-order valence-electron chi connectivity index (χ0n) is 11.1. The fourth-order valence-electron chi connectivity index (χ4n) is 2.50. The molecule has 4 heteroatoms. The summed E-state index contributed by atoms with van der Waals surface area (Å²) < 4.78 is 4.91. The maximum absolute atomic E-state index is 11.7. The topological polar surface area (TPSA) is 64.3 Å². The molecular weight excluding hydrogens is 216 g/mol. The monoisotopic (exact) mass is 242 g/mol. The van der Waals surface area contributed by atoms with Gasteiger partial charge in [0.1, 0.15) is 0 Å². The Morgan fingerprint density at radius 2 is 2.29 bits per heavy atom. The predicted molar refractivity (Wildman–Crippen MR) is 68.6 cm³/mol. The van der Waals surface area contributed by atoms with E-state index in [9.17, 15) is 4.79 Å². The second-order valence-electron chi connectivity index (χ2n) is 5.27. The quantitative estimate of drug-likeness (QED) is 0.737. The van der Waals surface area contributed by atoms with Gasteiger partial charge in [0.15, 0.2) is 0 Å². The van der Waals surface area contributed by atoms with Crippen LogP contribution in [-0.2, 0) is 9.53 Å². The van der Waals surface area contributed by atoms with Crippen LogP contribution in [0.3, 0.4) is 0 Å². The Kier molecular flexibility index (Phi) is 6.52. The zero-order chi connectivity index (χ0) is 12.7. The molecule has 3 unspecified atom stereocenters. The van der Waals surface area contributed by atoms with Gasteiger partial charge in [-0.3, -0.25) is 4.79 Å². The largest absolute Gasteiger partial charge is 0.385 e. The van der Waals surface area contributed by atoms with Crippen LogP contribution in [0.25, 0.3) is 0 Å². The van der Waals surface area contributed by atoms with Crippen LogP contribution in [0.2, 0.25) is 0 Å². The average molecular weight is 242 g/mol. The number of nitrogens with two attached hydrogens (primary N) is 1. The third kappa shape index (κ3) is 5.50. The van der Waals surface area contributed by atoms with Gasteiger partial charge in [-0.15, -0.1) is 0 Å². The number of hydrogen-bond acceptors (Lipinski definition) is 3. The van der Waals surface area contributed by atoms with Crippen molar-refractivity contribution in [2.75, 3.05) is 20.3 Å². The molecule has 1 amide bonds. The van der Waals surface area contributed by atoms with Crippen molar-refractivity contribution in [3.8, 4) is 0 Å². The number of rotatable bonds is 6. The molecule has 0 aromatic carbocycles. The molecule has 0 bridgehead atoms. The van der Waals surface area contributed by atoms with Crippen LogP contribution in [0.5, 0.6) is 0 Å². The van der Waals surface area contributed by atoms with Crippen molar-refractivity contribution in [1.82, 2.24) is 5.32 Å². The molecule has 1 fully saturated rings. The van der Waals surface area contributed by atoms with Crippen molar-refractivity contribution in [3.05, 3.63) is 0 Å². The maximum atomic E-state index is 11.7. The maximum Gasteiger partial charge on any atom is 0.237 e. The van der Waals surface area contributed by atoms with Crippen molar-refractivity contribution in [1.29, 1.82) is 0 Å². The standard InChI is InChI=1S/C13H26N2O2/c1-10-4-3-5-11(8-10)9-15-13(16)12(14)6-7-17-2/h10-12H,3-9,14H2,1-2H3,(H,15,16). The fourth-order valence-corrected chi connectivity index (χ4v) is 2.50. The van der Waals surface area contributed by atoms with Crippen LogP contribution in [0.1, 0.15) is 39.0 Å². The number of nitrogens with one attached hydrogen (secondary N) is 1. The Bertz CT molecular complexity index is 233. The molecule has 3 atom stereocenters. The number of hydrogen-bond donors (Lipinski definition) is 2. The minimum atomic E-state index is -0.434. The van der Waals surface area contributed by atoms with Gasteiger partial charge in [-0.05, 0) is 31.1 Å². The molecule has 1 saturated carbocycles. The molecule has 0 heterocycles. The Hall–Kier alpha value is -0.610. The van der Waals surface area contributed by atoms with Gasteiger partial charge in [-0.2, -0.15) is 0 Å². The molecule has 0 spiro atoms. The summed E-state index contributed by atoms with van der Waals surface area (Å²) in [6, 6.07) is -0.434. The van der Waals surface area contributed by atoms with Crippen LogP contribution in [0.15, 0.2) is 0 Å². The van der Waals surface area contributed by atoms with Crippen molar-refractivity contribution in [2.24, 2.45) is 17.6 Å². The lowest BCUT2D eigenvalue weighted by Gasteiger charge is -2.27. The van der Waals surface area contributed by atoms with E-state index >= 15 is 0 Å². The first-order valence-electron chi connectivity index (χ1n) is 6.65. The van der Waals surface area contributed by atoms with Crippen molar-refractivity contribution in [2.45, 2.75) is 45.1 Å². The van der Waals surface area contributed by atoms with Crippen LogP contribution >= 0.6 is 0 Å². The van der Waals surface area contributed by atoms with Crippen LogP contribution in [0, 0.1) is 11.8 Å². The summed E-state index contributed by atoms with van der Waals surface area (Å²) in [5.74, 6) is 1.39. The van der Waals surface area contributed by atoms with E-state index < -0.39 is 6.04 Å². The molecule has 4 nitrogen and oxygen atoms in total. The highest BCUT2D eigenvalue weighted by Crippen LogP contribution is 2.27. The summed E-state index contributed by atoms with van der Waals surface area (Å²) in [5, 5.41) is 2.96. The highest BCUT2D eigenvalue weighted by molar-refractivity contribution is 5.81. The van der Waals surface area contributed by atoms with Gasteiger partial charge >= 0.3 is 0 Å². The number of ether oxygens (including phenoxy) is 1. The Balaban J connectivity index is 2.18. The SMILES string of the molecule is COCCC(N)C(=O)NCC1CCCC(C)C1. The summed E-state index contributed by atoms with van der Waals surface area (Å²) in [6.45, 7) is 3.61. The Morgan fingerprint density at radius 3 is 2.94 bits per heavy atom. The summed E-state index contributed by atoms with van der Waals surface area (Å²) in [7, 11) is 1.62. The summed E-state index contributed by atoms with van der Waals surface area (Å²) in [5.41, 5.74) is 5.75. The second kappa shape index (κ2) is 7.67. The number of carbonyl (C=O) groups excluding carboxylic acids is 1. The lowest BCUT2D eigenvalue weighted by atomic mass is 9.82. The zero-order valence-corrected chi connectivity index (χ0v) is 11.1. The lowest BCUT2D eigenvalue weighted by Crippen LogP contribution is -2.43. The first kappa shape index (κ1) is 14.5. The van der Waals surface area contributed by atoms with Crippen LogP contribution in [0.4, 0.5) is 0 Å². The average Bonchev–Trinajstić information content (AvgIpc) is 2.33. The molecule has 1 aliphatic rings. The van der Waals surface area contributed by atoms with Crippen LogP contribution < -0.4 is 11.1 Å². The number of methoxy groups -OCH3 is 1. The normalized spacial score (nSPS) is 26.5. The van der Waals surface area contributed by atoms with Gasteiger partial charge in [-0.25, -0.2) is 0 Å². The fraction of sp³-hybridized carbons (Fsp3) is 0.923. The summed E-state index contributed by atoms with van der Waals surface area (Å²) in [6.07, 6.45) is 5.67.